The Morgan fingerprint density at radius 3 is 2.69 bits per heavy atom. The van der Waals surface area contributed by atoms with E-state index in [1.807, 2.05) is 18.2 Å². The zero-order chi connectivity index (χ0) is 19.6. The van der Waals surface area contributed by atoms with Gasteiger partial charge in [0.2, 0.25) is 5.88 Å². The van der Waals surface area contributed by atoms with Gasteiger partial charge in [0.25, 0.3) is 0 Å². The molecule has 8 heteroatoms. The van der Waals surface area contributed by atoms with E-state index in [9.17, 15) is 0 Å². The first kappa shape index (κ1) is 23.7. The lowest BCUT2D eigenvalue weighted by Crippen LogP contribution is -2.37. The van der Waals surface area contributed by atoms with Gasteiger partial charge in [0, 0.05) is 38.6 Å². The van der Waals surface area contributed by atoms with Crippen LogP contribution in [0.25, 0.3) is 0 Å². The van der Waals surface area contributed by atoms with Crippen molar-refractivity contribution in [2.75, 3.05) is 13.6 Å². The number of ether oxygens (including phenoxy) is 1. The zero-order valence-corrected chi connectivity index (χ0v) is 19.8. The predicted octanol–water partition coefficient (Wildman–Crippen LogP) is 4.37. The Morgan fingerprint density at radius 2 is 1.97 bits per heavy atom. The van der Waals surface area contributed by atoms with Gasteiger partial charge in [-0.1, -0.05) is 24.1 Å². The Bertz CT molecular complexity index is 766. The lowest BCUT2D eigenvalue weighted by Gasteiger charge is -2.22. The van der Waals surface area contributed by atoms with E-state index < -0.39 is 0 Å². The monoisotopic (exact) mass is 529 g/mol. The van der Waals surface area contributed by atoms with Crippen molar-refractivity contribution in [3.05, 3.63) is 52.9 Å². The van der Waals surface area contributed by atoms with Crippen molar-refractivity contribution >= 4 is 41.5 Å². The van der Waals surface area contributed by atoms with Crippen molar-refractivity contribution in [3.8, 4) is 5.88 Å². The molecule has 0 bridgehead atoms. The van der Waals surface area contributed by atoms with Gasteiger partial charge in [0.1, 0.15) is 11.3 Å². The van der Waals surface area contributed by atoms with Gasteiger partial charge in [-0.3, -0.25) is 4.99 Å². The van der Waals surface area contributed by atoms with Gasteiger partial charge >= 0.3 is 0 Å². The molecule has 1 aliphatic carbocycles. The molecule has 0 aliphatic heterocycles. The Morgan fingerprint density at radius 1 is 1.14 bits per heavy atom. The van der Waals surface area contributed by atoms with E-state index in [4.69, 9.17) is 16.3 Å². The number of nitrogens with zero attached hydrogens (tertiary/aromatic N) is 3. The molecular weight excluding hydrogens is 501 g/mol. The van der Waals surface area contributed by atoms with Gasteiger partial charge in [0.15, 0.2) is 5.96 Å². The van der Waals surface area contributed by atoms with E-state index in [1.54, 1.807) is 25.5 Å². The third-order valence-corrected chi connectivity index (χ3v) is 5.04. The number of guanidine groups is 1. The molecule has 1 aliphatic rings. The molecule has 0 amide bonds. The van der Waals surface area contributed by atoms with E-state index in [0.717, 1.165) is 42.9 Å². The Labute approximate surface area is 194 Å². The molecule has 2 aromatic rings. The summed E-state index contributed by atoms with van der Waals surface area (Å²) in [5.74, 6) is 1.47. The molecule has 0 spiro atoms. The molecule has 2 N–H and O–H groups in total. The van der Waals surface area contributed by atoms with Crippen LogP contribution in [0.15, 0.2) is 41.7 Å². The molecule has 1 saturated carbocycles. The smallest absolute Gasteiger partial charge is 0.213 e. The maximum atomic E-state index is 6.05. The van der Waals surface area contributed by atoms with Crippen LogP contribution < -0.4 is 15.4 Å². The highest BCUT2D eigenvalue weighted by Gasteiger charge is 2.15. The highest BCUT2D eigenvalue weighted by Crippen LogP contribution is 2.22. The fourth-order valence-electron chi connectivity index (χ4n) is 3.26. The van der Waals surface area contributed by atoms with Crippen LogP contribution in [0.4, 0.5) is 0 Å². The summed E-state index contributed by atoms with van der Waals surface area (Å²) >= 11 is 5.81. The largest absolute Gasteiger partial charge is 0.474 e. The van der Waals surface area contributed by atoms with Crippen LogP contribution in [0.2, 0.25) is 5.15 Å². The van der Waals surface area contributed by atoms with E-state index in [1.165, 1.54) is 19.3 Å². The summed E-state index contributed by atoms with van der Waals surface area (Å²) < 4.78 is 6.05. The molecule has 0 radical (unpaired) electrons. The normalized spacial score (nSPS) is 14.8. The number of hydrogen-bond donors (Lipinski definition) is 2. The predicted molar refractivity (Wildman–Crippen MR) is 128 cm³/mol. The third kappa shape index (κ3) is 8.34. The molecule has 2 heterocycles. The van der Waals surface area contributed by atoms with Crippen molar-refractivity contribution in [3.63, 3.8) is 0 Å². The zero-order valence-electron chi connectivity index (χ0n) is 16.7. The van der Waals surface area contributed by atoms with Gasteiger partial charge in [-0.15, -0.1) is 24.0 Å². The average Bonchev–Trinajstić information content (AvgIpc) is 2.73. The van der Waals surface area contributed by atoms with E-state index in [2.05, 4.69) is 25.6 Å². The minimum Gasteiger partial charge on any atom is -0.474 e. The second-order valence-corrected chi connectivity index (χ2v) is 7.36. The SMILES string of the molecule is CN=C(NCCc1ccc(Cl)nc1)NCc1ccnc(OC2CCCCC2)c1.I. The summed E-state index contributed by atoms with van der Waals surface area (Å²) in [6.07, 6.45) is 10.8. The van der Waals surface area contributed by atoms with Crippen LogP contribution in [-0.2, 0) is 13.0 Å². The first-order valence-corrected chi connectivity index (χ1v) is 10.3. The lowest BCUT2D eigenvalue weighted by atomic mass is 9.98. The molecule has 0 unspecified atom stereocenters. The van der Waals surface area contributed by atoms with E-state index in [0.29, 0.717) is 23.7 Å². The quantitative estimate of drug-likeness (QED) is 0.241. The van der Waals surface area contributed by atoms with Crippen LogP contribution in [-0.4, -0.2) is 35.6 Å². The molecule has 6 nitrogen and oxygen atoms in total. The van der Waals surface area contributed by atoms with Gasteiger partial charge in [-0.05, 0) is 55.4 Å². The summed E-state index contributed by atoms with van der Waals surface area (Å²) in [7, 11) is 1.77. The van der Waals surface area contributed by atoms with Crippen LogP contribution in [0.3, 0.4) is 0 Å². The van der Waals surface area contributed by atoms with Gasteiger partial charge in [-0.2, -0.15) is 0 Å². The van der Waals surface area contributed by atoms with Crippen molar-refractivity contribution < 1.29 is 4.74 Å². The Hall–Kier alpha value is -1.61. The second kappa shape index (κ2) is 12.8. The molecular formula is C21H29ClIN5O. The summed E-state index contributed by atoms with van der Waals surface area (Å²) in [5.41, 5.74) is 2.25. The summed E-state index contributed by atoms with van der Waals surface area (Å²) in [5, 5.41) is 7.16. The van der Waals surface area contributed by atoms with E-state index >= 15 is 0 Å². The summed E-state index contributed by atoms with van der Waals surface area (Å²) in [6, 6.07) is 7.79. The summed E-state index contributed by atoms with van der Waals surface area (Å²) in [6.45, 7) is 1.42. The number of rotatable bonds is 7. The Balaban J connectivity index is 0.00000300. The minimum atomic E-state index is 0. The summed E-state index contributed by atoms with van der Waals surface area (Å²) in [4.78, 5) is 12.7. The van der Waals surface area contributed by atoms with Gasteiger partial charge < -0.3 is 15.4 Å². The number of aliphatic imine (C=N–C) groups is 1. The number of pyridine rings is 2. The molecule has 158 valence electrons. The van der Waals surface area contributed by atoms with Crippen molar-refractivity contribution in [1.29, 1.82) is 0 Å². The topological polar surface area (TPSA) is 71.4 Å². The first-order valence-electron chi connectivity index (χ1n) is 9.89. The number of aromatic nitrogens is 2. The van der Waals surface area contributed by atoms with Crippen LogP contribution >= 0.6 is 35.6 Å². The minimum absolute atomic E-state index is 0. The van der Waals surface area contributed by atoms with Crippen molar-refractivity contribution in [1.82, 2.24) is 20.6 Å². The highest BCUT2D eigenvalue weighted by atomic mass is 127. The second-order valence-electron chi connectivity index (χ2n) is 6.97. The van der Waals surface area contributed by atoms with Crippen molar-refractivity contribution in [2.24, 2.45) is 4.99 Å². The van der Waals surface area contributed by atoms with Gasteiger partial charge in [0.05, 0.1) is 0 Å². The lowest BCUT2D eigenvalue weighted by molar-refractivity contribution is 0.148. The molecule has 3 rings (SSSR count). The van der Waals surface area contributed by atoms with Crippen LogP contribution in [0, 0.1) is 0 Å². The molecule has 2 aromatic heterocycles. The Kier molecular flexibility index (Phi) is 10.5. The van der Waals surface area contributed by atoms with Crippen LogP contribution in [0.1, 0.15) is 43.2 Å². The molecule has 0 aromatic carbocycles. The number of halogens is 2. The van der Waals surface area contributed by atoms with Crippen LogP contribution in [0.5, 0.6) is 5.88 Å². The average molecular weight is 530 g/mol. The maximum absolute atomic E-state index is 6.05. The molecule has 1 fully saturated rings. The molecule has 0 atom stereocenters. The first-order chi connectivity index (χ1) is 13.7. The maximum Gasteiger partial charge on any atom is 0.213 e. The molecule has 0 saturated heterocycles. The van der Waals surface area contributed by atoms with Crippen molar-refractivity contribution in [2.45, 2.75) is 51.2 Å². The number of hydrogen-bond acceptors (Lipinski definition) is 4. The van der Waals surface area contributed by atoms with Gasteiger partial charge in [-0.25, -0.2) is 9.97 Å². The number of nitrogens with one attached hydrogen (secondary N) is 2. The fourth-order valence-corrected chi connectivity index (χ4v) is 3.38. The fraction of sp³-hybridized carbons (Fsp3) is 0.476. The highest BCUT2D eigenvalue weighted by molar-refractivity contribution is 14.0. The van der Waals surface area contributed by atoms with E-state index in [-0.39, 0.29) is 24.0 Å². The standard InChI is InChI=1S/C21H28ClN5O.HI/c1-23-21(25-12-9-16-7-8-19(22)26-14-16)27-15-17-10-11-24-20(13-17)28-18-5-3-2-4-6-18;/h7-8,10-11,13-14,18H,2-6,9,12,15H2,1H3,(H2,23,25,27);1H. The molecule has 29 heavy (non-hydrogen) atoms. The third-order valence-electron chi connectivity index (χ3n) is 4.82.